The topological polar surface area (TPSA) is 120 Å². The highest BCUT2D eigenvalue weighted by Gasteiger charge is 2.34. The molecule has 11 heteroatoms. The molecule has 4 aromatic rings. The maximum atomic E-state index is 12.7. The number of hydrogen-bond acceptors (Lipinski definition) is 8. The third kappa shape index (κ3) is 3.08. The van der Waals surface area contributed by atoms with Crippen molar-refractivity contribution in [2.45, 2.75) is 6.04 Å². The summed E-state index contributed by atoms with van der Waals surface area (Å²) in [7, 11) is 3.13. The molecule has 2 aromatic carbocycles. The van der Waals surface area contributed by atoms with Crippen LogP contribution in [0.2, 0.25) is 5.02 Å². The molecule has 0 saturated carbocycles. The van der Waals surface area contributed by atoms with Gasteiger partial charge in [0.25, 0.3) is 5.56 Å². The Morgan fingerprint density at radius 2 is 1.84 bits per heavy atom. The molecule has 1 aliphatic heterocycles. The Labute approximate surface area is 180 Å². The summed E-state index contributed by atoms with van der Waals surface area (Å²) in [5, 5.41) is 22.4. The molecule has 2 aromatic heterocycles. The van der Waals surface area contributed by atoms with Crippen molar-refractivity contribution < 1.29 is 9.47 Å². The maximum Gasteiger partial charge on any atom is 0.288 e. The number of halogens is 1. The van der Waals surface area contributed by atoms with E-state index in [4.69, 9.17) is 21.1 Å². The third-order valence-corrected chi connectivity index (χ3v) is 5.36. The van der Waals surface area contributed by atoms with E-state index in [0.717, 1.165) is 11.1 Å². The summed E-state index contributed by atoms with van der Waals surface area (Å²) in [6.07, 6.45) is 0. The van der Waals surface area contributed by atoms with Crippen LogP contribution in [0.5, 0.6) is 11.5 Å². The van der Waals surface area contributed by atoms with Crippen LogP contribution in [0.1, 0.15) is 17.2 Å². The fourth-order valence-electron chi connectivity index (χ4n) is 3.70. The van der Waals surface area contributed by atoms with Gasteiger partial charge in [-0.2, -0.15) is 9.78 Å². The number of rotatable bonds is 4. The lowest BCUT2D eigenvalue weighted by Gasteiger charge is -2.28. The largest absolute Gasteiger partial charge is 0.493 e. The van der Waals surface area contributed by atoms with Gasteiger partial charge < -0.3 is 14.8 Å². The van der Waals surface area contributed by atoms with E-state index >= 15 is 0 Å². The van der Waals surface area contributed by atoms with Crippen molar-refractivity contribution in [3.63, 3.8) is 0 Å². The molecule has 2 N–H and O–H groups in total. The molecule has 1 atom stereocenters. The normalized spacial score (nSPS) is 14.4. The van der Waals surface area contributed by atoms with Gasteiger partial charge in [-0.25, -0.2) is 5.10 Å². The zero-order valence-corrected chi connectivity index (χ0v) is 17.2. The highest BCUT2D eigenvalue weighted by atomic mass is 35.5. The quantitative estimate of drug-likeness (QED) is 0.440. The molecule has 0 radical (unpaired) electrons. The first-order chi connectivity index (χ1) is 15.1. The van der Waals surface area contributed by atoms with Crippen LogP contribution in [-0.4, -0.2) is 44.6 Å². The van der Waals surface area contributed by atoms with Gasteiger partial charge in [-0.3, -0.25) is 4.79 Å². The summed E-state index contributed by atoms with van der Waals surface area (Å²) < 4.78 is 12.4. The van der Waals surface area contributed by atoms with Crippen molar-refractivity contribution in [3.8, 4) is 22.8 Å². The number of aromatic nitrogens is 6. The van der Waals surface area contributed by atoms with Gasteiger partial charge in [0.05, 0.1) is 19.9 Å². The van der Waals surface area contributed by atoms with Crippen LogP contribution < -0.4 is 20.3 Å². The summed E-state index contributed by atoms with van der Waals surface area (Å²) in [5.74, 6) is 1.46. The van der Waals surface area contributed by atoms with Gasteiger partial charge in [-0.05, 0) is 40.3 Å². The predicted molar refractivity (Wildman–Crippen MR) is 113 cm³/mol. The Hall–Kier alpha value is -3.92. The first kappa shape index (κ1) is 19.1. The first-order valence-electron chi connectivity index (χ1n) is 9.26. The van der Waals surface area contributed by atoms with Crippen LogP contribution in [0.15, 0.2) is 47.3 Å². The van der Waals surface area contributed by atoms with Gasteiger partial charge in [-0.15, -0.1) is 0 Å². The highest BCUT2D eigenvalue weighted by molar-refractivity contribution is 6.30. The molecular formula is C20H16ClN7O3. The van der Waals surface area contributed by atoms with E-state index in [2.05, 4.69) is 31.0 Å². The number of nitrogens with one attached hydrogen (secondary N) is 2. The van der Waals surface area contributed by atoms with Crippen LogP contribution in [0.4, 0.5) is 11.6 Å². The molecule has 156 valence electrons. The van der Waals surface area contributed by atoms with Crippen molar-refractivity contribution in [1.82, 2.24) is 30.4 Å². The summed E-state index contributed by atoms with van der Waals surface area (Å²) in [6.45, 7) is 0. The molecule has 0 fully saturated rings. The number of tetrazole rings is 1. The smallest absolute Gasteiger partial charge is 0.288 e. The molecule has 10 nitrogen and oxygen atoms in total. The monoisotopic (exact) mass is 437 g/mol. The van der Waals surface area contributed by atoms with Crippen LogP contribution in [0.25, 0.3) is 11.3 Å². The number of hydrogen-bond donors (Lipinski definition) is 2. The second-order valence-corrected chi connectivity index (χ2v) is 7.22. The highest BCUT2D eigenvalue weighted by Crippen LogP contribution is 2.42. The van der Waals surface area contributed by atoms with Crippen molar-refractivity contribution >= 4 is 23.2 Å². The summed E-state index contributed by atoms with van der Waals surface area (Å²) in [6, 6.07) is 12.2. The number of aromatic amines is 1. The van der Waals surface area contributed by atoms with Crippen LogP contribution in [0, 0.1) is 0 Å². The number of H-pyrrole nitrogens is 1. The minimum Gasteiger partial charge on any atom is -0.493 e. The SMILES string of the molecule is COc1ccc(C2c3c(-c4ccc(Cl)cc4)n[nH]c(=O)c3Nc3nnnn32)cc1OC. The molecule has 0 aliphatic carbocycles. The van der Waals surface area contributed by atoms with Crippen LogP contribution in [-0.2, 0) is 0 Å². The van der Waals surface area contributed by atoms with Crippen molar-refractivity contribution in [2.24, 2.45) is 0 Å². The average Bonchev–Trinajstić information content (AvgIpc) is 3.27. The van der Waals surface area contributed by atoms with Gasteiger partial charge in [0.1, 0.15) is 11.7 Å². The van der Waals surface area contributed by atoms with E-state index in [1.165, 1.54) is 0 Å². The minimum absolute atomic E-state index is 0.321. The predicted octanol–water partition coefficient (Wildman–Crippen LogP) is 2.79. The second-order valence-electron chi connectivity index (χ2n) is 6.79. The van der Waals surface area contributed by atoms with Crippen LogP contribution in [0.3, 0.4) is 0 Å². The summed E-state index contributed by atoms with van der Waals surface area (Å²) >= 11 is 6.06. The second kappa shape index (κ2) is 7.40. The fourth-order valence-corrected chi connectivity index (χ4v) is 3.82. The van der Waals surface area contributed by atoms with Crippen molar-refractivity contribution in [1.29, 1.82) is 0 Å². The molecule has 0 saturated heterocycles. The molecule has 0 spiro atoms. The van der Waals surface area contributed by atoms with Crippen molar-refractivity contribution in [2.75, 3.05) is 19.5 Å². The minimum atomic E-state index is -0.540. The zero-order valence-electron chi connectivity index (χ0n) is 16.5. The van der Waals surface area contributed by atoms with Gasteiger partial charge in [0.2, 0.25) is 5.95 Å². The van der Waals surface area contributed by atoms with E-state index in [0.29, 0.717) is 39.4 Å². The summed E-state index contributed by atoms with van der Waals surface area (Å²) in [4.78, 5) is 12.7. The third-order valence-electron chi connectivity index (χ3n) is 5.11. The van der Waals surface area contributed by atoms with E-state index < -0.39 is 6.04 Å². The lowest BCUT2D eigenvalue weighted by molar-refractivity contribution is 0.354. The summed E-state index contributed by atoms with van der Waals surface area (Å²) in [5.41, 5.74) is 2.70. The maximum absolute atomic E-state index is 12.7. The molecule has 1 unspecified atom stereocenters. The Kier molecular flexibility index (Phi) is 4.55. The molecule has 3 heterocycles. The van der Waals surface area contributed by atoms with Gasteiger partial charge >= 0.3 is 0 Å². The fraction of sp³-hybridized carbons (Fsp3) is 0.150. The molecule has 31 heavy (non-hydrogen) atoms. The number of anilines is 2. The van der Waals surface area contributed by atoms with E-state index in [1.807, 2.05) is 24.3 Å². The average molecular weight is 438 g/mol. The lowest BCUT2D eigenvalue weighted by Crippen LogP contribution is -2.29. The Bertz CT molecular complexity index is 1330. The Morgan fingerprint density at radius 3 is 2.58 bits per heavy atom. The number of fused-ring (bicyclic) bond motifs is 2. The molecule has 5 rings (SSSR count). The first-order valence-corrected chi connectivity index (χ1v) is 9.64. The lowest BCUT2D eigenvalue weighted by atomic mass is 9.92. The Balaban J connectivity index is 1.79. The standard InChI is InChI=1S/C20H16ClN7O3/c1-30-13-8-5-11(9-14(13)31-2)18-15-16(10-3-6-12(21)7-4-10)23-24-19(29)17(15)22-20-25-26-27-28(18)20/h3-9,18H,1-2H3,(H,24,29)(H,22,25,27). The number of benzene rings is 2. The van der Waals surface area contributed by atoms with Gasteiger partial charge in [-0.1, -0.05) is 34.9 Å². The van der Waals surface area contributed by atoms with Gasteiger partial charge in [0, 0.05) is 16.1 Å². The number of methoxy groups -OCH3 is 2. The molecule has 0 bridgehead atoms. The van der Waals surface area contributed by atoms with E-state index in [-0.39, 0.29) is 5.56 Å². The van der Waals surface area contributed by atoms with E-state index in [1.54, 1.807) is 37.1 Å². The number of nitrogens with zero attached hydrogens (tertiary/aromatic N) is 5. The molecular weight excluding hydrogens is 422 g/mol. The van der Waals surface area contributed by atoms with Crippen LogP contribution >= 0.6 is 11.6 Å². The molecule has 0 amide bonds. The zero-order chi connectivity index (χ0) is 21.5. The Morgan fingerprint density at radius 1 is 1.06 bits per heavy atom. The van der Waals surface area contributed by atoms with Gasteiger partial charge in [0.15, 0.2) is 11.5 Å². The van der Waals surface area contributed by atoms with Crippen molar-refractivity contribution in [3.05, 3.63) is 69.0 Å². The number of ether oxygens (including phenoxy) is 2. The molecule has 1 aliphatic rings. The van der Waals surface area contributed by atoms with E-state index in [9.17, 15) is 4.79 Å².